The van der Waals surface area contributed by atoms with Gasteiger partial charge in [-0.15, -0.1) is 0 Å². The first-order chi connectivity index (χ1) is 15.6. The van der Waals surface area contributed by atoms with E-state index in [1.54, 1.807) is 38.7 Å². The minimum atomic E-state index is -0.367. The van der Waals surface area contributed by atoms with Crippen molar-refractivity contribution in [3.05, 3.63) is 67.4 Å². The quantitative estimate of drug-likeness (QED) is 0.362. The number of nitrogens with one attached hydrogen (secondary N) is 2. The SMILES string of the molecule is Cn1cc(-c2cc(F)cc(Nc3ncnc4c3ccn4Nc3nccn3CCO)c2)cn1. The van der Waals surface area contributed by atoms with Gasteiger partial charge in [-0.3, -0.25) is 10.1 Å². The summed E-state index contributed by atoms with van der Waals surface area (Å²) < 4.78 is 19.5. The average Bonchev–Trinajstić information content (AvgIpc) is 3.50. The summed E-state index contributed by atoms with van der Waals surface area (Å²) in [6, 6.07) is 6.57. The van der Waals surface area contributed by atoms with E-state index in [0.717, 1.165) is 10.9 Å². The largest absolute Gasteiger partial charge is 0.395 e. The first kappa shape index (κ1) is 19.7. The Bertz CT molecular complexity index is 1390. The minimum absolute atomic E-state index is 0.00235. The molecule has 0 aliphatic carbocycles. The topological polar surface area (TPSA) is 111 Å². The van der Waals surface area contributed by atoms with E-state index in [-0.39, 0.29) is 12.4 Å². The molecule has 0 saturated heterocycles. The summed E-state index contributed by atoms with van der Waals surface area (Å²) in [4.78, 5) is 13.0. The van der Waals surface area contributed by atoms with Crippen LogP contribution in [0.25, 0.3) is 22.2 Å². The lowest BCUT2D eigenvalue weighted by molar-refractivity contribution is 0.276. The fourth-order valence-electron chi connectivity index (χ4n) is 3.49. The molecular formula is C21H20FN9O. The molecule has 32 heavy (non-hydrogen) atoms. The van der Waals surface area contributed by atoms with Gasteiger partial charge in [-0.1, -0.05) is 0 Å². The summed E-state index contributed by atoms with van der Waals surface area (Å²) >= 11 is 0. The van der Waals surface area contributed by atoms with Gasteiger partial charge in [0, 0.05) is 49.6 Å². The monoisotopic (exact) mass is 433 g/mol. The van der Waals surface area contributed by atoms with Crippen LogP contribution in [-0.4, -0.2) is 45.7 Å². The van der Waals surface area contributed by atoms with Crippen LogP contribution in [0, 0.1) is 5.82 Å². The van der Waals surface area contributed by atoms with Crippen molar-refractivity contribution in [2.24, 2.45) is 7.05 Å². The second-order valence-electron chi connectivity index (χ2n) is 7.18. The summed E-state index contributed by atoms with van der Waals surface area (Å²) in [6.07, 6.45) is 10.2. The maximum absolute atomic E-state index is 14.3. The van der Waals surface area contributed by atoms with Crippen LogP contribution < -0.4 is 10.7 Å². The van der Waals surface area contributed by atoms with Crippen LogP contribution in [0.15, 0.2) is 61.6 Å². The van der Waals surface area contributed by atoms with E-state index < -0.39 is 0 Å². The Morgan fingerprint density at radius 3 is 2.81 bits per heavy atom. The van der Waals surface area contributed by atoms with Crippen LogP contribution in [0.1, 0.15) is 0 Å². The predicted molar refractivity (Wildman–Crippen MR) is 118 cm³/mol. The van der Waals surface area contributed by atoms with Gasteiger partial charge in [0.15, 0.2) is 5.65 Å². The van der Waals surface area contributed by atoms with Crippen LogP contribution in [0.4, 0.5) is 21.8 Å². The minimum Gasteiger partial charge on any atom is -0.395 e. The highest BCUT2D eigenvalue weighted by atomic mass is 19.1. The molecule has 0 spiro atoms. The second kappa shape index (κ2) is 8.12. The molecule has 0 unspecified atom stereocenters. The van der Waals surface area contributed by atoms with Crippen LogP contribution in [-0.2, 0) is 13.6 Å². The van der Waals surface area contributed by atoms with Crippen molar-refractivity contribution >= 4 is 28.5 Å². The second-order valence-corrected chi connectivity index (χ2v) is 7.18. The zero-order valence-electron chi connectivity index (χ0n) is 17.1. The zero-order chi connectivity index (χ0) is 22.1. The fraction of sp³-hybridized carbons (Fsp3) is 0.143. The number of aliphatic hydroxyl groups excluding tert-OH is 1. The molecule has 0 bridgehead atoms. The molecule has 5 rings (SSSR count). The van der Waals surface area contributed by atoms with Gasteiger partial charge in [0.2, 0.25) is 5.95 Å². The molecule has 0 saturated carbocycles. The van der Waals surface area contributed by atoms with Gasteiger partial charge in [-0.25, -0.2) is 24.0 Å². The molecule has 0 aliphatic heterocycles. The third kappa shape index (κ3) is 3.76. The first-order valence-electron chi connectivity index (χ1n) is 9.88. The third-order valence-electron chi connectivity index (χ3n) is 4.96. The van der Waals surface area contributed by atoms with Crippen molar-refractivity contribution in [2.45, 2.75) is 6.54 Å². The number of aliphatic hydroxyl groups is 1. The fourth-order valence-corrected chi connectivity index (χ4v) is 3.49. The van der Waals surface area contributed by atoms with Gasteiger partial charge < -0.3 is 15.0 Å². The highest BCUT2D eigenvalue weighted by molar-refractivity contribution is 5.90. The molecule has 0 fully saturated rings. The number of nitrogens with zero attached hydrogens (tertiary/aromatic N) is 7. The van der Waals surface area contributed by atoms with Crippen molar-refractivity contribution in [1.29, 1.82) is 0 Å². The Balaban J connectivity index is 1.46. The van der Waals surface area contributed by atoms with Gasteiger partial charge in [0.1, 0.15) is 18.0 Å². The number of anilines is 3. The molecule has 5 aromatic rings. The number of imidazole rings is 1. The number of hydrogen-bond donors (Lipinski definition) is 3. The number of aryl methyl sites for hydroxylation is 1. The molecule has 0 radical (unpaired) electrons. The van der Waals surface area contributed by atoms with E-state index in [9.17, 15) is 9.50 Å². The van der Waals surface area contributed by atoms with Crippen LogP contribution in [0.3, 0.4) is 0 Å². The summed E-state index contributed by atoms with van der Waals surface area (Å²) in [5.74, 6) is 0.738. The summed E-state index contributed by atoms with van der Waals surface area (Å²) in [7, 11) is 1.81. The maximum atomic E-state index is 14.3. The van der Waals surface area contributed by atoms with E-state index in [4.69, 9.17) is 0 Å². The Morgan fingerprint density at radius 1 is 1.09 bits per heavy atom. The van der Waals surface area contributed by atoms with E-state index in [0.29, 0.717) is 35.2 Å². The number of rotatable bonds is 7. The maximum Gasteiger partial charge on any atom is 0.222 e. The lowest BCUT2D eigenvalue weighted by atomic mass is 10.1. The molecule has 162 valence electrons. The number of fused-ring (bicyclic) bond motifs is 1. The Hall–Kier alpha value is -4.25. The van der Waals surface area contributed by atoms with E-state index in [1.807, 2.05) is 25.4 Å². The van der Waals surface area contributed by atoms with Crippen molar-refractivity contribution < 1.29 is 9.50 Å². The number of aromatic nitrogens is 7. The van der Waals surface area contributed by atoms with E-state index in [1.165, 1.54) is 18.5 Å². The predicted octanol–water partition coefficient (Wildman–Crippen LogP) is 2.78. The lowest BCUT2D eigenvalue weighted by Crippen LogP contribution is -2.14. The number of hydrogen-bond acceptors (Lipinski definition) is 7. The van der Waals surface area contributed by atoms with Crippen molar-refractivity contribution in [2.75, 3.05) is 17.3 Å². The zero-order valence-corrected chi connectivity index (χ0v) is 17.1. The normalized spacial score (nSPS) is 11.2. The van der Waals surface area contributed by atoms with Gasteiger partial charge in [0.05, 0.1) is 18.2 Å². The smallest absolute Gasteiger partial charge is 0.222 e. The Labute approximate surface area is 182 Å². The Morgan fingerprint density at radius 2 is 2.00 bits per heavy atom. The molecular weight excluding hydrogens is 413 g/mol. The van der Waals surface area contributed by atoms with Gasteiger partial charge in [-0.05, 0) is 29.8 Å². The summed E-state index contributed by atoms with van der Waals surface area (Å²) in [5, 5.41) is 17.3. The molecule has 0 aliphatic rings. The van der Waals surface area contributed by atoms with Crippen LogP contribution in [0.5, 0.6) is 0 Å². The van der Waals surface area contributed by atoms with Crippen molar-refractivity contribution in [3.8, 4) is 11.1 Å². The lowest BCUT2D eigenvalue weighted by Gasteiger charge is -2.11. The first-order valence-corrected chi connectivity index (χ1v) is 9.88. The molecule has 4 heterocycles. The Kier molecular flexibility index (Phi) is 5.00. The van der Waals surface area contributed by atoms with Gasteiger partial charge >= 0.3 is 0 Å². The van der Waals surface area contributed by atoms with Gasteiger partial charge in [0.25, 0.3) is 0 Å². The molecule has 0 atom stereocenters. The molecule has 11 heteroatoms. The van der Waals surface area contributed by atoms with Crippen molar-refractivity contribution in [3.63, 3.8) is 0 Å². The van der Waals surface area contributed by atoms with Crippen LogP contribution >= 0.6 is 0 Å². The molecule has 0 amide bonds. The highest BCUT2D eigenvalue weighted by Gasteiger charge is 2.12. The third-order valence-corrected chi connectivity index (χ3v) is 4.96. The van der Waals surface area contributed by atoms with Crippen LogP contribution in [0.2, 0.25) is 0 Å². The average molecular weight is 433 g/mol. The highest BCUT2D eigenvalue weighted by Crippen LogP contribution is 2.28. The van der Waals surface area contributed by atoms with E-state index >= 15 is 0 Å². The molecule has 3 N–H and O–H groups in total. The standard InChI is InChI=1S/C21H20FN9O/c1-29-12-15(11-26-29)14-8-16(22)10-17(9-14)27-19-18-2-4-31(20(18)25-13-24-19)28-21-23-3-5-30(21)6-7-32/h2-5,8-13,32H,6-7H2,1H3,(H,23,28)(H,24,25,27). The van der Waals surface area contributed by atoms with Gasteiger partial charge in [-0.2, -0.15) is 5.10 Å². The van der Waals surface area contributed by atoms with E-state index in [2.05, 4.69) is 30.8 Å². The molecule has 10 nitrogen and oxygen atoms in total. The number of halogens is 1. The molecule has 1 aromatic carbocycles. The number of benzene rings is 1. The molecule has 4 aromatic heterocycles. The summed E-state index contributed by atoms with van der Waals surface area (Å²) in [5.41, 5.74) is 5.86. The van der Waals surface area contributed by atoms with Crippen molar-refractivity contribution in [1.82, 2.24) is 34.0 Å². The summed E-state index contributed by atoms with van der Waals surface area (Å²) in [6.45, 7) is 0.421.